The van der Waals surface area contributed by atoms with Crippen molar-refractivity contribution < 1.29 is 9.21 Å². The molecule has 0 aromatic carbocycles. The average Bonchev–Trinajstić information content (AvgIpc) is 3.26. The number of likely N-dealkylation sites (tertiary alicyclic amines) is 1. The molecule has 2 aromatic rings. The fraction of sp³-hybridized carbons (Fsp3) is 0.471. The number of halogens is 1. The summed E-state index contributed by atoms with van der Waals surface area (Å²) < 4.78 is 5.54. The Balaban J connectivity index is 0.00000243. The van der Waals surface area contributed by atoms with Crippen molar-refractivity contribution in [3.8, 4) is 10.8 Å². The van der Waals surface area contributed by atoms with Crippen LogP contribution in [-0.2, 0) is 11.3 Å². The lowest BCUT2D eigenvalue weighted by atomic mass is 9.95. The second-order valence-electron chi connectivity index (χ2n) is 6.15. The molecule has 1 unspecified atom stereocenters. The highest BCUT2D eigenvalue weighted by atomic mass is 127. The van der Waals surface area contributed by atoms with Crippen molar-refractivity contribution in [3.05, 3.63) is 29.5 Å². The molecule has 3 heterocycles. The molecule has 1 aliphatic heterocycles. The molecule has 0 aliphatic carbocycles. The predicted molar refractivity (Wildman–Crippen MR) is 114 cm³/mol. The number of thiophene rings is 1. The topological polar surface area (TPSA) is 96.8 Å². The molecular formula is C17H24IN5O2S. The van der Waals surface area contributed by atoms with Gasteiger partial charge in [0, 0.05) is 26.6 Å². The monoisotopic (exact) mass is 489 g/mol. The number of carbonyl (C=O) groups is 1. The molecule has 9 heteroatoms. The van der Waals surface area contributed by atoms with Gasteiger partial charge in [0.2, 0.25) is 11.8 Å². The third-order valence-corrected chi connectivity index (χ3v) is 5.09. The van der Waals surface area contributed by atoms with Crippen LogP contribution in [0.3, 0.4) is 0 Å². The van der Waals surface area contributed by atoms with Gasteiger partial charge in [0.25, 0.3) is 0 Å². The number of amides is 1. The van der Waals surface area contributed by atoms with E-state index in [0.717, 1.165) is 42.5 Å². The largest absolute Gasteiger partial charge is 0.443 e. The second-order valence-corrected chi connectivity index (χ2v) is 7.09. The Labute approximate surface area is 174 Å². The first-order chi connectivity index (χ1) is 12.2. The maximum Gasteiger partial charge on any atom is 0.236 e. The molecule has 1 fully saturated rings. The van der Waals surface area contributed by atoms with E-state index in [0.29, 0.717) is 24.8 Å². The lowest BCUT2D eigenvalue weighted by Gasteiger charge is -2.34. The Morgan fingerprint density at radius 2 is 2.42 bits per heavy atom. The summed E-state index contributed by atoms with van der Waals surface area (Å²) >= 11 is 1.60. The maximum absolute atomic E-state index is 11.2. The van der Waals surface area contributed by atoms with Gasteiger partial charge in [-0.2, -0.15) is 0 Å². The van der Waals surface area contributed by atoms with Crippen LogP contribution in [0.4, 0.5) is 0 Å². The van der Waals surface area contributed by atoms with Gasteiger partial charge < -0.3 is 20.4 Å². The van der Waals surface area contributed by atoms with Gasteiger partial charge in [0.15, 0.2) is 5.96 Å². The number of oxazole rings is 1. The molecule has 3 rings (SSSR count). The normalized spacial score (nSPS) is 17.7. The lowest BCUT2D eigenvalue weighted by Crippen LogP contribution is -2.46. The van der Waals surface area contributed by atoms with Crippen molar-refractivity contribution in [1.29, 1.82) is 0 Å². The number of piperidine rings is 1. The number of guanidine groups is 1. The lowest BCUT2D eigenvalue weighted by molar-refractivity contribution is -0.119. The van der Waals surface area contributed by atoms with Gasteiger partial charge in [-0.1, -0.05) is 6.07 Å². The molecule has 1 saturated heterocycles. The molecule has 26 heavy (non-hydrogen) atoms. The second kappa shape index (κ2) is 9.91. The standard InChI is InChI=1S/C17H23N5O2S.HI/c1-19-17(22-6-2-4-12(10-22)8-15(18)23)20-9-13-11-24-16(21-13)14-5-3-7-25-14;/h3,5,7,11-12H,2,4,6,8-10H2,1H3,(H2,18,23)(H,19,20);1H. The van der Waals surface area contributed by atoms with Gasteiger partial charge in [0.05, 0.1) is 17.1 Å². The van der Waals surface area contributed by atoms with Crippen molar-refractivity contribution >= 4 is 47.2 Å². The number of carbonyl (C=O) groups excluding carboxylic acids is 1. The summed E-state index contributed by atoms with van der Waals surface area (Å²) in [5.41, 5.74) is 6.16. The van der Waals surface area contributed by atoms with Gasteiger partial charge in [-0.05, 0) is 30.2 Å². The van der Waals surface area contributed by atoms with Gasteiger partial charge in [-0.3, -0.25) is 9.79 Å². The SMILES string of the molecule is CN=C(NCc1coc(-c2cccs2)n1)N1CCCC(CC(N)=O)C1.I. The Hall–Kier alpha value is -1.62. The van der Waals surface area contributed by atoms with E-state index in [1.54, 1.807) is 24.6 Å². The van der Waals surface area contributed by atoms with Crippen LogP contribution in [0.25, 0.3) is 10.8 Å². The van der Waals surface area contributed by atoms with Crippen molar-refractivity contribution in [2.45, 2.75) is 25.8 Å². The molecule has 0 saturated carbocycles. The van der Waals surface area contributed by atoms with E-state index in [2.05, 4.69) is 20.2 Å². The number of rotatable bonds is 5. The van der Waals surface area contributed by atoms with Crippen LogP contribution in [0.1, 0.15) is 25.0 Å². The van der Waals surface area contributed by atoms with Gasteiger partial charge in [-0.25, -0.2) is 4.98 Å². The minimum Gasteiger partial charge on any atom is -0.443 e. The summed E-state index contributed by atoms with van der Waals surface area (Å²) in [4.78, 5) is 23.2. The molecule has 0 spiro atoms. The summed E-state index contributed by atoms with van der Waals surface area (Å²) in [5.74, 6) is 1.51. The third-order valence-electron chi connectivity index (χ3n) is 4.23. The molecule has 7 nitrogen and oxygen atoms in total. The number of aliphatic imine (C=N–C) groups is 1. The summed E-state index contributed by atoms with van der Waals surface area (Å²) in [7, 11) is 1.76. The molecule has 1 atom stereocenters. The average molecular weight is 489 g/mol. The molecule has 1 amide bonds. The van der Waals surface area contributed by atoms with Crippen LogP contribution in [0, 0.1) is 5.92 Å². The smallest absolute Gasteiger partial charge is 0.236 e. The first-order valence-corrected chi connectivity index (χ1v) is 9.26. The Morgan fingerprint density at radius 1 is 1.58 bits per heavy atom. The zero-order valence-corrected chi connectivity index (χ0v) is 17.8. The zero-order chi connectivity index (χ0) is 17.6. The minimum atomic E-state index is -0.237. The summed E-state index contributed by atoms with van der Waals surface area (Å²) in [5, 5.41) is 5.33. The van der Waals surface area contributed by atoms with Gasteiger partial charge in [0.1, 0.15) is 6.26 Å². The van der Waals surface area contributed by atoms with Crippen molar-refractivity contribution in [2.75, 3.05) is 20.1 Å². The molecule has 1 aliphatic rings. The van der Waals surface area contributed by atoms with Gasteiger partial charge >= 0.3 is 0 Å². The Morgan fingerprint density at radius 3 is 3.12 bits per heavy atom. The predicted octanol–water partition coefficient (Wildman–Crippen LogP) is 2.68. The van der Waals surface area contributed by atoms with Crippen LogP contribution < -0.4 is 11.1 Å². The molecule has 3 N–H and O–H groups in total. The number of hydrogen-bond donors (Lipinski definition) is 2. The Bertz CT molecular complexity index is 731. The molecule has 0 radical (unpaired) electrons. The number of nitrogens with one attached hydrogen (secondary N) is 1. The van der Waals surface area contributed by atoms with E-state index in [9.17, 15) is 4.79 Å². The molecule has 0 bridgehead atoms. The van der Waals surface area contributed by atoms with Crippen LogP contribution in [-0.4, -0.2) is 41.9 Å². The van der Waals surface area contributed by atoms with Crippen molar-refractivity contribution in [1.82, 2.24) is 15.2 Å². The summed E-state index contributed by atoms with van der Waals surface area (Å²) in [6, 6.07) is 3.96. The van der Waals surface area contributed by atoms with Gasteiger partial charge in [-0.15, -0.1) is 35.3 Å². The van der Waals surface area contributed by atoms with E-state index < -0.39 is 0 Å². The van der Waals surface area contributed by atoms with Crippen LogP contribution in [0.15, 0.2) is 33.2 Å². The van der Waals surface area contributed by atoms with Crippen molar-refractivity contribution in [2.24, 2.45) is 16.6 Å². The van der Waals surface area contributed by atoms with E-state index >= 15 is 0 Å². The summed E-state index contributed by atoms with van der Waals surface area (Å²) in [6.07, 6.45) is 4.16. The summed E-state index contributed by atoms with van der Waals surface area (Å²) in [6.45, 7) is 2.26. The third kappa shape index (κ3) is 5.44. The number of primary amides is 1. The Kier molecular flexibility index (Phi) is 7.88. The van der Waals surface area contributed by atoms with Crippen molar-refractivity contribution in [3.63, 3.8) is 0 Å². The highest BCUT2D eigenvalue weighted by Crippen LogP contribution is 2.23. The maximum atomic E-state index is 11.2. The molecule has 2 aromatic heterocycles. The zero-order valence-electron chi connectivity index (χ0n) is 14.7. The van der Waals surface area contributed by atoms with Crippen LogP contribution in [0.5, 0.6) is 0 Å². The fourth-order valence-electron chi connectivity index (χ4n) is 3.11. The number of nitrogens with zero attached hydrogens (tertiary/aromatic N) is 3. The first-order valence-electron chi connectivity index (χ1n) is 8.38. The molecular weight excluding hydrogens is 465 g/mol. The van der Waals surface area contributed by atoms with E-state index in [-0.39, 0.29) is 29.9 Å². The van der Waals surface area contributed by atoms with E-state index in [4.69, 9.17) is 10.2 Å². The quantitative estimate of drug-likeness (QED) is 0.383. The fourth-order valence-corrected chi connectivity index (χ4v) is 3.77. The number of nitrogens with two attached hydrogens (primary N) is 1. The van der Waals surface area contributed by atoms with Crippen LogP contribution in [0.2, 0.25) is 0 Å². The van der Waals surface area contributed by atoms with E-state index in [1.807, 2.05) is 17.5 Å². The highest BCUT2D eigenvalue weighted by molar-refractivity contribution is 14.0. The number of hydrogen-bond acceptors (Lipinski definition) is 5. The van der Waals surface area contributed by atoms with E-state index in [1.165, 1.54) is 0 Å². The number of aromatic nitrogens is 1. The minimum absolute atomic E-state index is 0. The van der Waals surface area contributed by atoms with Crippen LogP contribution >= 0.6 is 35.3 Å². The highest BCUT2D eigenvalue weighted by Gasteiger charge is 2.23. The molecule has 142 valence electrons. The first kappa shape index (κ1) is 20.7.